The number of nitrogens with one attached hydrogen (secondary N) is 1. The quantitative estimate of drug-likeness (QED) is 0.741. The van der Waals surface area contributed by atoms with Crippen molar-refractivity contribution < 1.29 is 17.2 Å². The van der Waals surface area contributed by atoms with Gasteiger partial charge in [-0.1, -0.05) is 0 Å². The molecule has 1 aliphatic carbocycles. The maximum atomic E-state index is 13.5. The van der Waals surface area contributed by atoms with Crippen molar-refractivity contribution >= 4 is 32.7 Å². The van der Waals surface area contributed by atoms with Crippen LogP contribution in [0.25, 0.3) is 10.9 Å². The molecule has 174 valence electrons. The molecule has 2 aromatic rings. The van der Waals surface area contributed by atoms with E-state index in [1.807, 2.05) is 13.0 Å². The Morgan fingerprint density at radius 2 is 1.88 bits per heavy atom. The first-order valence-corrected chi connectivity index (χ1v) is 12.9. The van der Waals surface area contributed by atoms with Crippen LogP contribution in [0.3, 0.4) is 0 Å². The third-order valence-corrected chi connectivity index (χ3v) is 8.24. The largest absolute Gasteiger partial charge is 0.354 e. The molecule has 0 radical (unpaired) electrons. The van der Waals surface area contributed by atoms with Crippen LogP contribution in [0.2, 0.25) is 0 Å². The highest BCUT2D eigenvalue weighted by Gasteiger charge is 2.58. The van der Waals surface area contributed by atoms with Gasteiger partial charge >= 0.3 is 0 Å². The van der Waals surface area contributed by atoms with Crippen LogP contribution < -0.4 is 10.2 Å². The molecule has 2 aromatic heterocycles. The Bertz CT molecular complexity index is 1140. The summed E-state index contributed by atoms with van der Waals surface area (Å²) < 4.78 is 52.0. The van der Waals surface area contributed by atoms with Crippen molar-refractivity contribution in [1.29, 1.82) is 0 Å². The molecular weight excluding hydrogens is 438 g/mol. The van der Waals surface area contributed by atoms with Crippen molar-refractivity contribution in [2.45, 2.75) is 51.0 Å². The summed E-state index contributed by atoms with van der Waals surface area (Å²) in [4.78, 5) is 16.0. The molecule has 11 heteroatoms. The fraction of sp³-hybridized carbons (Fsp3) is 0.667. The Morgan fingerprint density at radius 3 is 2.53 bits per heavy atom. The number of alkyl halides is 2. The van der Waals surface area contributed by atoms with Crippen molar-refractivity contribution in [3.63, 3.8) is 0 Å². The molecule has 2 aliphatic heterocycles. The zero-order chi connectivity index (χ0) is 22.7. The van der Waals surface area contributed by atoms with E-state index in [-0.39, 0.29) is 24.3 Å². The molecule has 0 aromatic carbocycles. The Morgan fingerprint density at radius 1 is 1.16 bits per heavy atom. The van der Waals surface area contributed by atoms with Gasteiger partial charge < -0.3 is 10.2 Å². The molecule has 5 rings (SSSR count). The smallest absolute Gasteiger partial charge is 0.249 e. The Kier molecular flexibility index (Phi) is 5.05. The summed E-state index contributed by atoms with van der Waals surface area (Å²) in [5.74, 6) is -1.33. The highest BCUT2D eigenvalue weighted by atomic mass is 32.2. The molecular formula is C21H28F2N6O2S. The first kappa shape index (κ1) is 21.7. The van der Waals surface area contributed by atoms with Crippen LogP contribution >= 0.6 is 0 Å². The van der Waals surface area contributed by atoms with E-state index in [1.165, 1.54) is 10.6 Å². The lowest BCUT2D eigenvalue weighted by atomic mass is 9.65. The van der Waals surface area contributed by atoms with Crippen LogP contribution in [0.4, 0.5) is 20.5 Å². The maximum absolute atomic E-state index is 13.5. The number of aryl methyl sites for hydroxylation is 1. The summed E-state index contributed by atoms with van der Waals surface area (Å²) in [7, 11) is -3.17. The summed E-state index contributed by atoms with van der Waals surface area (Å²) >= 11 is 0. The summed E-state index contributed by atoms with van der Waals surface area (Å²) in [6, 6.07) is 2.01. The Labute approximate surface area is 186 Å². The van der Waals surface area contributed by atoms with E-state index >= 15 is 0 Å². The van der Waals surface area contributed by atoms with E-state index in [0.29, 0.717) is 50.5 Å². The minimum absolute atomic E-state index is 0.0474. The van der Waals surface area contributed by atoms with Crippen molar-refractivity contribution in [2.75, 3.05) is 42.7 Å². The maximum Gasteiger partial charge on any atom is 0.249 e. The second kappa shape index (κ2) is 7.44. The monoisotopic (exact) mass is 466 g/mol. The number of pyridine rings is 1. The Hall–Kier alpha value is -2.14. The van der Waals surface area contributed by atoms with Crippen molar-refractivity contribution in [1.82, 2.24) is 19.3 Å². The van der Waals surface area contributed by atoms with Crippen LogP contribution in [0, 0.1) is 12.3 Å². The average Bonchev–Trinajstić information content (AvgIpc) is 3.10. The van der Waals surface area contributed by atoms with Gasteiger partial charge in [0.15, 0.2) is 5.82 Å². The molecule has 2 saturated heterocycles. The third kappa shape index (κ3) is 4.12. The number of sulfonamides is 1. The lowest BCUT2D eigenvalue weighted by Crippen LogP contribution is -2.47. The fourth-order valence-electron chi connectivity index (χ4n) is 5.41. The number of anilines is 2. The topological polar surface area (TPSA) is 91.3 Å². The van der Waals surface area contributed by atoms with Gasteiger partial charge in [0.2, 0.25) is 21.9 Å². The standard InChI is InChI=1S/C21H28F2N6O2S/c1-14-9-15-10-24-19(26-16-3-6-29(7-4-16)32(2,30)31)27-17(15)18(25-14)28-8-5-20(13-28)11-21(22,23)12-20/h9-10,16H,3-8,11-13H2,1-2H3,(H,24,26,27). The normalized spacial score (nSPS) is 23.6. The van der Waals surface area contributed by atoms with Crippen LogP contribution in [0.1, 0.15) is 37.8 Å². The zero-order valence-corrected chi connectivity index (χ0v) is 19.1. The van der Waals surface area contributed by atoms with Gasteiger partial charge in [0.25, 0.3) is 0 Å². The molecule has 3 aliphatic rings. The molecule has 1 saturated carbocycles. The summed E-state index contributed by atoms with van der Waals surface area (Å²) in [6.45, 7) is 4.12. The lowest BCUT2D eigenvalue weighted by molar-refractivity contribution is -0.152. The summed E-state index contributed by atoms with van der Waals surface area (Å²) in [6.07, 6.45) is 5.00. The second-order valence-corrected chi connectivity index (χ2v) is 11.7. The number of rotatable bonds is 4. The number of fused-ring (bicyclic) bond motifs is 1. The number of hydrogen-bond acceptors (Lipinski definition) is 7. The van der Waals surface area contributed by atoms with Crippen molar-refractivity contribution in [3.05, 3.63) is 18.0 Å². The highest BCUT2D eigenvalue weighted by molar-refractivity contribution is 7.88. The van der Waals surface area contributed by atoms with Gasteiger partial charge in [-0.3, -0.25) is 0 Å². The average molecular weight is 467 g/mol. The van der Waals surface area contributed by atoms with Gasteiger partial charge in [0.05, 0.1) is 6.26 Å². The zero-order valence-electron chi connectivity index (χ0n) is 18.3. The predicted molar refractivity (Wildman–Crippen MR) is 119 cm³/mol. The van der Waals surface area contributed by atoms with E-state index in [1.54, 1.807) is 6.20 Å². The molecule has 0 amide bonds. The minimum atomic E-state index is -3.17. The van der Waals surface area contributed by atoms with Crippen LogP contribution in [0.15, 0.2) is 12.3 Å². The lowest BCUT2D eigenvalue weighted by Gasteiger charge is -2.44. The molecule has 32 heavy (non-hydrogen) atoms. The molecule has 0 atom stereocenters. The van der Waals surface area contributed by atoms with E-state index in [0.717, 1.165) is 23.3 Å². The van der Waals surface area contributed by atoms with Gasteiger partial charge in [-0.05, 0) is 32.3 Å². The number of piperidine rings is 1. The predicted octanol–water partition coefficient (Wildman–Crippen LogP) is 2.79. The van der Waals surface area contributed by atoms with Crippen molar-refractivity contribution in [2.24, 2.45) is 5.41 Å². The van der Waals surface area contributed by atoms with Gasteiger partial charge in [-0.25, -0.2) is 36.5 Å². The molecule has 4 heterocycles. The molecule has 1 N–H and O–H groups in total. The minimum Gasteiger partial charge on any atom is -0.354 e. The van der Waals surface area contributed by atoms with Gasteiger partial charge in [-0.15, -0.1) is 0 Å². The van der Waals surface area contributed by atoms with Crippen LogP contribution in [-0.4, -0.2) is 72.1 Å². The SMILES string of the molecule is Cc1cc2cnc(NC3CCN(S(C)(=O)=O)CC3)nc2c(N2CCC3(C2)CC(F)(F)C3)n1. The van der Waals surface area contributed by atoms with Crippen LogP contribution in [-0.2, 0) is 10.0 Å². The van der Waals surface area contributed by atoms with E-state index in [9.17, 15) is 17.2 Å². The number of aromatic nitrogens is 3. The van der Waals surface area contributed by atoms with E-state index < -0.39 is 15.9 Å². The number of halogens is 2. The van der Waals surface area contributed by atoms with Gasteiger partial charge in [0.1, 0.15) is 5.52 Å². The molecule has 3 fully saturated rings. The van der Waals surface area contributed by atoms with Crippen LogP contribution in [0.5, 0.6) is 0 Å². The van der Waals surface area contributed by atoms with Gasteiger partial charge in [-0.2, -0.15) is 0 Å². The second-order valence-electron chi connectivity index (χ2n) is 9.68. The van der Waals surface area contributed by atoms with Crippen molar-refractivity contribution in [3.8, 4) is 0 Å². The number of hydrogen-bond donors (Lipinski definition) is 1. The molecule has 1 spiro atoms. The highest BCUT2D eigenvalue weighted by Crippen LogP contribution is 2.57. The molecule has 0 unspecified atom stereocenters. The fourth-order valence-corrected chi connectivity index (χ4v) is 6.28. The molecule has 0 bridgehead atoms. The third-order valence-electron chi connectivity index (χ3n) is 6.94. The summed E-state index contributed by atoms with van der Waals surface area (Å²) in [5, 5.41) is 4.20. The Balaban J connectivity index is 1.35. The molecule has 8 nitrogen and oxygen atoms in total. The van der Waals surface area contributed by atoms with Gasteiger partial charge in [0, 0.05) is 67.8 Å². The van der Waals surface area contributed by atoms with E-state index in [2.05, 4.69) is 15.2 Å². The first-order valence-electron chi connectivity index (χ1n) is 11.0. The summed E-state index contributed by atoms with van der Waals surface area (Å²) in [5.41, 5.74) is 1.23. The number of nitrogens with zero attached hydrogens (tertiary/aromatic N) is 5. The van der Waals surface area contributed by atoms with E-state index in [4.69, 9.17) is 9.97 Å². The first-order chi connectivity index (χ1) is 15.0.